The van der Waals surface area contributed by atoms with Crippen LogP contribution < -0.4 is 10.9 Å². The number of thioether (sulfide) groups is 1. The standard InChI is InChI=1S/C26H24ClN3O2S/c1-15-8-5-6-11-22(15)30-25(32)20-13-12-19(27)14-21(20)28-26(30)33-18(4)24(31)29-23-16(2)9-7-10-17(23)3/h5-14,18H,1-4H3,(H,29,31). The van der Waals surface area contributed by atoms with Crippen LogP contribution >= 0.6 is 23.4 Å². The molecule has 1 atom stereocenters. The molecule has 1 heterocycles. The zero-order chi connectivity index (χ0) is 23.7. The fraction of sp³-hybridized carbons (Fsp3) is 0.192. The number of halogens is 1. The van der Waals surface area contributed by atoms with Crippen molar-refractivity contribution < 1.29 is 4.79 Å². The number of hydrogen-bond acceptors (Lipinski definition) is 4. The number of para-hydroxylation sites is 2. The van der Waals surface area contributed by atoms with Gasteiger partial charge in [-0.3, -0.25) is 14.2 Å². The number of rotatable bonds is 5. The minimum Gasteiger partial charge on any atom is -0.325 e. The van der Waals surface area contributed by atoms with Crippen LogP contribution in [0.25, 0.3) is 16.6 Å². The molecule has 4 aromatic rings. The van der Waals surface area contributed by atoms with Crippen LogP contribution in [-0.2, 0) is 4.79 Å². The second kappa shape index (κ2) is 9.41. The van der Waals surface area contributed by atoms with Gasteiger partial charge in [0.25, 0.3) is 5.56 Å². The summed E-state index contributed by atoms with van der Waals surface area (Å²) in [5, 5.41) is 3.95. The molecule has 0 saturated heterocycles. The van der Waals surface area contributed by atoms with Gasteiger partial charge in [0.05, 0.1) is 21.8 Å². The Morgan fingerprint density at radius 1 is 1.00 bits per heavy atom. The lowest BCUT2D eigenvalue weighted by molar-refractivity contribution is -0.115. The number of carbonyl (C=O) groups is 1. The summed E-state index contributed by atoms with van der Waals surface area (Å²) in [4.78, 5) is 31.3. The van der Waals surface area contributed by atoms with Crippen LogP contribution in [0.3, 0.4) is 0 Å². The van der Waals surface area contributed by atoms with E-state index < -0.39 is 5.25 Å². The van der Waals surface area contributed by atoms with E-state index in [9.17, 15) is 9.59 Å². The molecular weight excluding hydrogens is 454 g/mol. The summed E-state index contributed by atoms with van der Waals surface area (Å²) < 4.78 is 1.58. The van der Waals surface area contributed by atoms with E-state index in [0.717, 1.165) is 28.1 Å². The molecule has 0 radical (unpaired) electrons. The number of carbonyl (C=O) groups excluding carboxylic acids is 1. The number of benzene rings is 3. The Labute approximate surface area is 201 Å². The third-order valence-electron chi connectivity index (χ3n) is 5.54. The highest BCUT2D eigenvalue weighted by molar-refractivity contribution is 8.00. The summed E-state index contributed by atoms with van der Waals surface area (Å²) >= 11 is 7.41. The van der Waals surface area contributed by atoms with E-state index in [1.807, 2.05) is 70.2 Å². The molecule has 4 rings (SSSR count). The van der Waals surface area contributed by atoms with Gasteiger partial charge in [-0.05, 0) is 68.7 Å². The van der Waals surface area contributed by atoms with Crippen LogP contribution in [0.2, 0.25) is 5.02 Å². The van der Waals surface area contributed by atoms with E-state index >= 15 is 0 Å². The second-order valence-corrected chi connectivity index (χ2v) is 9.74. The Morgan fingerprint density at radius 2 is 1.67 bits per heavy atom. The molecule has 1 unspecified atom stereocenters. The molecule has 5 nitrogen and oxygen atoms in total. The van der Waals surface area contributed by atoms with Gasteiger partial charge in [0, 0.05) is 10.7 Å². The number of nitrogens with zero attached hydrogens (tertiary/aromatic N) is 2. The Balaban J connectivity index is 1.77. The quantitative estimate of drug-likeness (QED) is 0.279. The number of amides is 1. The Hall–Kier alpha value is -3.09. The molecule has 0 bridgehead atoms. The molecule has 0 aliphatic heterocycles. The summed E-state index contributed by atoms with van der Waals surface area (Å²) in [6.07, 6.45) is 0. The molecule has 0 aliphatic rings. The van der Waals surface area contributed by atoms with E-state index in [1.54, 1.807) is 22.8 Å². The van der Waals surface area contributed by atoms with Gasteiger partial charge in [-0.25, -0.2) is 4.98 Å². The molecule has 1 N–H and O–H groups in total. The van der Waals surface area contributed by atoms with Crippen LogP contribution in [0, 0.1) is 20.8 Å². The fourth-order valence-electron chi connectivity index (χ4n) is 3.69. The minimum absolute atomic E-state index is 0.158. The van der Waals surface area contributed by atoms with Gasteiger partial charge in [0.2, 0.25) is 5.91 Å². The summed E-state index contributed by atoms with van der Waals surface area (Å²) in [6.45, 7) is 7.68. The van der Waals surface area contributed by atoms with Crippen molar-refractivity contribution in [2.75, 3.05) is 5.32 Å². The van der Waals surface area contributed by atoms with Gasteiger partial charge < -0.3 is 5.32 Å². The molecule has 3 aromatic carbocycles. The zero-order valence-electron chi connectivity index (χ0n) is 18.8. The van der Waals surface area contributed by atoms with Crippen LogP contribution in [0.5, 0.6) is 0 Å². The number of hydrogen-bond donors (Lipinski definition) is 1. The first-order valence-electron chi connectivity index (χ1n) is 10.6. The average Bonchev–Trinajstić information content (AvgIpc) is 2.77. The smallest absolute Gasteiger partial charge is 0.266 e. The number of fused-ring (bicyclic) bond motifs is 1. The number of nitrogens with one attached hydrogen (secondary N) is 1. The largest absolute Gasteiger partial charge is 0.325 e. The first-order chi connectivity index (χ1) is 15.8. The third-order valence-corrected chi connectivity index (χ3v) is 6.83. The first kappa shape index (κ1) is 23.1. The summed E-state index contributed by atoms with van der Waals surface area (Å²) in [7, 11) is 0. The Bertz CT molecular complexity index is 1410. The van der Waals surface area contributed by atoms with Crippen LogP contribution in [0.4, 0.5) is 5.69 Å². The highest BCUT2D eigenvalue weighted by atomic mass is 35.5. The molecule has 0 aliphatic carbocycles. The molecule has 0 spiro atoms. The minimum atomic E-state index is -0.497. The van der Waals surface area contributed by atoms with Gasteiger partial charge in [-0.1, -0.05) is 59.8 Å². The van der Waals surface area contributed by atoms with E-state index in [0.29, 0.717) is 21.1 Å². The second-order valence-electron chi connectivity index (χ2n) is 8.00. The van der Waals surface area contributed by atoms with E-state index in [1.165, 1.54) is 11.8 Å². The highest BCUT2D eigenvalue weighted by Crippen LogP contribution is 2.28. The van der Waals surface area contributed by atoms with Gasteiger partial charge in [0.1, 0.15) is 0 Å². The summed E-state index contributed by atoms with van der Waals surface area (Å²) in [6, 6.07) is 18.6. The lowest BCUT2D eigenvalue weighted by Gasteiger charge is -2.18. The van der Waals surface area contributed by atoms with E-state index in [2.05, 4.69) is 5.32 Å². The predicted molar refractivity (Wildman–Crippen MR) is 137 cm³/mol. The van der Waals surface area contributed by atoms with Crippen molar-refractivity contribution >= 4 is 45.9 Å². The molecular formula is C26H24ClN3O2S. The van der Waals surface area contributed by atoms with Crippen LogP contribution in [0.15, 0.2) is 70.6 Å². The number of anilines is 1. The number of aryl methyl sites for hydroxylation is 3. The predicted octanol–water partition coefficient (Wildman–Crippen LogP) is 6.08. The SMILES string of the molecule is Cc1ccccc1-n1c(SC(C)C(=O)Nc2c(C)cccc2C)nc2cc(Cl)ccc2c1=O. The number of aromatic nitrogens is 2. The molecule has 33 heavy (non-hydrogen) atoms. The van der Waals surface area contributed by atoms with E-state index in [4.69, 9.17) is 16.6 Å². The maximum Gasteiger partial charge on any atom is 0.266 e. The maximum atomic E-state index is 13.5. The first-order valence-corrected chi connectivity index (χ1v) is 11.8. The van der Waals surface area contributed by atoms with Crippen molar-refractivity contribution in [3.8, 4) is 5.69 Å². The van der Waals surface area contributed by atoms with Crippen molar-refractivity contribution in [3.63, 3.8) is 0 Å². The van der Waals surface area contributed by atoms with Gasteiger partial charge in [-0.15, -0.1) is 0 Å². The lowest BCUT2D eigenvalue weighted by Crippen LogP contribution is -2.27. The van der Waals surface area contributed by atoms with Crippen molar-refractivity contribution in [2.45, 2.75) is 38.1 Å². The van der Waals surface area contributed by atoms with Crippen molar-refractivity contribution in [2.24, 2.45) is 0 Å². The van der Waals surface area contributed by atoms with Gasteiger partial charge >= 0.3 is 0 Å². The molecule has 1 amide bonds. The van der Waals surface area contributed by atoms with Crippen LogP contribution in [0.1, 0.15) is 23.6 Å². The average molecular weight is 478 g/mol. The molecule has 168 valence electrons. The monoisotopic (exact) mass is 477 g/mol. The molecule has 1 aromatic heterocycles. The lowest BCUT2D eigenvalue weighted by atomic mass is 10.1. The van der Waals surface area contributed by atoms with Crippen molar-refractivity contribution in [1.29, 1.82) is 0 Å². The third kappa shape index (κ3) is 4.68. The fourth-order valence-corrected chi connectivity index (χ4v) is 4.78. The molecule has 0 saturated carbocycles. The topological polar surface area (TPSA) is 64.0 Å². The Morgan fingerprint density at radius 3 is 2.36 bits per heavy atom. The molecule has 0 fully saturated rings. The Kier molecular flexibility index (Phi) is 6.58. The summed E-state index contributed by atoms with van der Waals surface area (Å²) in [5.41, 5.74) is 4.77. The van der Waals surface area contributed by atoms with Crippen LogP contribution in [-0.4, -0.2) is 20.7 Å². The van der Waals surface area contributed by atoms with Gasteiger partial charge in [-0.2, -0.15) is 0 Å². The molecule has 7 heteroatoms. The maximum absolute atomic E-state index is 13.5. The van der Waals surface area contributed by atoms with Crippen molar-refractivity contribution in [1.82, 2.24) is 9.55 Å². The zero-order valence-corrected chi connectivity index (χ0v) is 20.4. The normalized spacial score (nSPS) is 12.0. The highest BCUT2D eigenvalue weighted by Gasteiger charge is 2.22. The summed E-state index contributed by atoms with van der Waals surface area (Å²) in [5.74, 6) is -0.158. The van der Waals surface area contributed by atoms with Crippen molar-refractivity contribution in [3.05, 3.63) is 92.7 Å². The van der Waals surface area contributed by atoms with Gasteiger partial charge in [0.15, 0.2) is 5.16 Å². The van der Waals surface area contributed by atoms with E-state index in [-0.39, 0.29) is 11.5 Å².